The Balaban J connectivity index is 2.16. The number of rotatable bonds is 8. The quantitative estimate of drug-likeness (QED) is 0.567. The second-order valence-corrected chi connectivity index (χ2v) is 10.3. The molecule has 178 valence electrons. The second kappa shape index (κ2) is 12.8. The van der Waals surface area contributed by atoms with Crippen molar-refractivity contribution in [3.8, 4) is 0 Å². The Morgan fingerprint density at radius 2 is 1.84 bits per heavy atom. The first kappa shape index (κ1) is 26.2. The molecule has 1 amide bonds. The number of ketones is 2. The van der Waals surface area contributed by atoms with E-state index in [1.807, 2.05) is 13.8 Å². The Labute approximate surface area is 190 Å². The summed E-state index contributed by atoms with van der Waals surface area (Å²) >= 11 is 0. The van der Waals surface area contributed by atoms with Crippen molar-refractivity contribution < 1.29 is 27.5 Å². The molecule has 0 radical (unpaired) electrons. The van der Waals surface area contributed by atoms with E-state index in [0.29, 0.717) is 32.5 Å². The van der Waals surface area contributed by atoms with Gasteiger partial charge < -0.3 is 10.1 Å². The molecule has 2 N–H and O–H groups in total. The predicted molar refractivity (Wildman–Crippen MR) is 120 cm³/mol. The van der Waals surface area contributed by atoms with Crippen LogP contribution >= 0.6 is 0 Å². The molecular weight excluding hydrogens is 432 g/mol. The molecular formula is C23H34N2O6S. The zero-order valence-electron chi connectivity index (χ0n) is 18.8. The maximum atomic E-state index is 13.2. The molecule has 0 spiro atoms. The van der Waals surface area contributed by atoms with Crippen LogP contribution in [0.25, 0.3) is 0 Å². The summed E-state index contributed by atoms with van der Waals surface area (Å²) in [5.41, 5.74) is 0. The Bertz CT molecular complexity index is 870. The number of amides is 1. The van der Waals surface area contributed by atoms with Crippen LogP contribution in [0.5, 0.6) is 0 Å². The molecule has 0 aliphatic carbocycles. The van der Waals surface area contributed by atoms with Crippen LogP contribution in [0.4, 0.5) is 0 Å². The zero-order valence-corrected chi connectivity index (χ0v) is 19.7. The average Bonchev–Trinajstić information content (AvgIpc) is 2.75. The molecule has 1 aromatic carbocycles. The molecule has 1 fully saturated rings. The predicted octanol–water partition coefficient (Wildman–Crippen LogP) is 2.23. The van der Waals surface area contributed by atoms with Crippen LogP contribution in [0.3, 0.4) is 0 Å². The highest BCUT2D eigenvalue weighted by atomic mass is 32.2. The van der Waals surface area contributed by atoms with Crippen molar-refractivity contribution in [3.63, 3.8) is 0 Å². The molecule has 1 aromatic rings. The Kier molecular flexibility index (Phi) is 10.5. The van der Waals surface area contributed by atoms with Gasteiger partial charge in [0.1, 0.15) is 0 Å². The molecule has 1 aliphatic heterocycles. The van der Waals surface area contributed by atoms with E-state index in [0.717, 1.165) is 12.8 Å². The van der Waals surface area contributed by atoms with Crippen molar-refractivity contribution in [1.82, 2.24) is 10.0 Å². The molecule has 9 heteroatoms. The highest BCUT2D eigenvalue weighted by Crippen LogP contribution is 2.20. The summed E-state index contributed by atoms with van der Waals surface area (Å²) in [6.45, 7) is 4.95. The molecule has 2 atom stereocenters. The summed E-state index contributed by atoms with van der Waals surface area (Å²) in [5, 5.41) is 2.54. The van der Waals surface area contributed by atoms with Gasteiger partial charge in [-0.2, -0.15) is 0 Å². The third kappa shape index (κ3) is 8.44. The van der Waals surface area contributed by atoms with Crippen LogP contribution < -0.4 is 10.0 Å². The lowest BCUT2D eigenvalue weighted by Crippen LogP contribution is -2.44. The van der Waals surface area contributed by atoms with E-state index in [9.17, 15) is 22.8 Å². The van der Waals surface area contributed by atoms with Gasteiger partial charge in [0, 0.05) is 25.5 Å². The molecule has 1 aliphatic rings. The molecule has 8 nitrogen and oxygen atoms in total. The zero-order chi connectivity index (χ0) is 23.6. The standard InChI is InChI=1S/C23H34N2O6S/c1-17(2)15-20(25-32(29,30)19-10-6-3-7-11-19)21(26)16-18-9-5-4-8-13-31-14-12-24-23(28)22(18)27/h3,6-7,10-11,17-18,20,25H,4-5,8-9,12-16H2,1-2H3,(H,24,28). The molecule has 0 aromatic heterocycles. The summed E-state index contributed by atoms with van der Waals surface area (Å²) in [6, 6.07) is 6.89. The van der Waals surface area contributed by atoms with Crippen molar-refractivity contribution in [2.45, 2.75) is 63.3 Å². The summed E-state index contributed by atoms with van der Waals surface area (Å²) in [7, 11) is -3.90. The van der Waals surface area contributed by atoms with Crippen LogP contribution in [-0.4, -0.2) is 51.7 Å². The van der Waals surface area contributed by atoms with Gasteiger partial charge in [-0.15, -0.1) is 0 Å². The normalized spacial score (nSPS) is 20.2. The van der Waals surface area contributed by atoms with Crippen molar-refractivity contribution in [3.05, 3.63) is 30.3 Å². The van der Waals surface area contributed by atoms with Crippen molar-refractivity contribution in [2.75, 3.05) is 19.8 Å². The van der Waals surface area contributed by atoms with E-state index in [4.69, 9.17) is 4.74 Å². The summed E-state index contributed by atoms with van der Waals surface area (Å²) in [5.74, 6) is -2.44. The van der Waals surface area contributed by atoms with E-state index in [2.05, 4.69) is 10.0 Å². The molecule has 1 saturated heterocycles. The lowest BCUT2D eigenvalue weighted by Gasteiger charge is -2.22. The topological polar surface area (TPSA) is 119 Å². The van der Waals surface area contributed by atoms with Gasteiger partial charge in [0.25, 0.3) is 5.91 Å². The van der Waals surface area contributed by atoms with Crippen LogP contribution in [0.15, 0.2) is 35.2 Å². The van der Waals surface area contributed by atoms with Crippen LogP contribution in [0.2, 0.25) is 0 Å². The lowest BCUT2D eigenvalue weighted by atomic mass is 9.88. The van der Waals surface area contributed by atoms with Gasteiger partial charge in [-0.3, -0.25) is 14.4 Å². The van der Waals surface area contributed by atoms with Gasteiger partial charge >= 0.3 is 0 Å². The fourth-order valence-corrected chi connectivity index (χ4v) is 4.92. The van der Waals surface area contributed by atoms with Gasteiger partial charge in [-0.1, -0.05) is 44.9 Å². The fraction of sp³-hybridized carbons (Fsp3) is 0.609. The number of benzene rings is 1. The van der Waals surface area contributed by atoms with E-state index < -0.39 is 33.7 Å². The molecule has 32 heavy (non-hydrogen) atoms. The number of carbonyl (C=O) groups is 3. The molecule has 0 bridgehead atoms. The van der Waals surface area contributed by atoms with Gasteiger partial charge in [-0.25, -0.2) is 13.1 Å². The smallest absolute Gasteiger partial charge is 0.287 e. The average molecular weight is 467 g/mol. The van der Waals surface area contributed by atoms with E-state index in [-0.39, 0.29) is 29.6 Å². The van der Waals surface area contributed by atoms with Gasteiger partial charge in [-0.05, 0) is 37.3 Å². The fourth-order valence-electron chi connectivity index (χ4n) is 3.67. The number of sulfonamides is 1. The monoisotopic (exact) mass is 466 g/mol. The van der Waals surface area contributed by atoms with Crippen LogP contribution in [-0.2, 0) is 29.1 Å². The van der Waals surface area contributed by atoms with E-state index in [1.165, 1.54) is 12.1 Å². The van der Waals surface area contributed by atoms with Gasteiger partial charge in [0.2, 0.25) is 15.8 Å². The van der Waals surface area contributed by atoms with Crippen LogP contribution in [0, 0.1) is 11.8 Å². The Morgan fingerprint density at radius 1 is 1.12 bits per heavy atom. The number of hydrogen-bond acceptors (Lipinski definition) is 6. The minimum Gasteiger partial charge on any atom is -0.380 e. The number of carbonyl (C=O) groups excluding carboxylic acids is 3. The summed E-state index contributed by atoms with van der Waals surface area (Å²) in [4.78, 5) is 38.2. The highest BCUT2D eigenvalue weighted by molar-refractivity contribution is 7.89. The number of ether oxygens (including phenoxy) is 1. The van der Waals surface area contributed by atoms with E-state index >= 15 is 0 Å². The molecule has 2 rings (SSSR count). The third-order valence-electron chi connectivity index (χ3n) is 5.36. The van der Waals surface area contributed by atoms with Gasteiger partial charge in [0.15, 0.2) is 5.78 Å². The minimum atomic E-state index is -3.90. The number of Topliss-reactive ketones (excluding diaryl/α,β-unsaturated/α-hetero) is 2. The Morgan fingerprint density at radius 3 is 2.53 bits per heavy atom. The highest BCUT2D eigenvalue weighted by Gasteiger charge is 2.32. The van der Waals surface area contributed by atoms with Gasteiger partial charge in [0.05, 0.1) is 17.5 Å². The Hall–Kier alpha value is -2.10. The second-order valence-electron chi connectivity index (χ2n) is 8.57. The summed E-state index contributed by atoms with van der Waals surface area (Å²) < 4.78 is 33.5. The van der Waals surface area contributed by atoms with Crippen molar-refractivity contribution in [1.29, 1.82) is 0 Å². The first-order chi connectivity index (χ1) is 15.2. The summed E-state index contributed by atoms with van der Waals surface area (Å²) in [6.07, 6.45) is 2.89. The number of hydrogen-bond donors (Lipinski definition) is 2. The minimum absolute atomic E-state index is 0.0535. The van der Waals surface area contributed by atoms with Crippen molar-refractivity contribution >= 4 is 27.5 Å². The third-order valence-corrected chi connectivity index (χ3v) is 6.85. The lowest BCUT2D eigenvalue weighted by molar-refractivity contribution is -0.141. The number of nitrogens with one attached hydrogen (secondary N) is 2. The maximum absolute atomic E-state index is 13.2. The van der Waals surface area contributed by atoms with Crippen molar-refractivity contribution in [2.24, 2.45) is 11.8 Å². The largest absolute Gasteiger partial charge is 0.380 e. The SMILES string of the molecule is CC(C)CC(NS(=O)(=O)c1ccccc1)C(=O)CC1CCCCCOCCNC(=O)C1=O. The first-order valence-electron chi connectivity index (χ1n) is 11.2. The molecule has 2 unspecified atom stereocenters. The molecule has 1 heterocycles. The van der Waals surface area contributed by atoms with E-state index in [1.54, 1.807) is 18.2 Å². The van der Waals surface area contributed by atoms with Crippen LogP contribution in [0.1, 0.15) is 52.4 Å². The first-order valence-corrected chi connectivity index (χ1v) is 12.7. The molecule has 0 saturated carbocycles. The maximum Gasteiger partial charge on any atom is 0.287 e.